The van der Waals surface area contributed by atoms with E-state index in [4.69, 9.17) is 20.1 Å². The Kier molecular flexibility index (Phi) is 5.54. The fraction of sp³-hybridized carbons (Fsp3) is 0.529. The Bertz CT molecular complexity index is 666. The molecule has 2 heterocycles. The number of para-hydroxylation sites is 1. The molecule has 0 aromatic heterocycles. The number of anilines is 1. The van der Waals surface area contributed by atoms with Crippen LogP contribution < -0.4 is 11.0 Å². The third kappa shape index (κ3) is 3.71. The quantitative estimate of drug-likeness (QED) is 0.544. The second-order valence-electron chi connectivity index (χ2n) is 6.51. The highest BCUT2D eigenvalue weighted by molar-refractivity contribution is 5.95. The smallest absolute Gasteiger partial charge is 0.279 e. The van der Waals surface area contributed by atoms with E-state index in [1.165, 1.54) is 5.23 Å². The SMILES string of the molecule is CC(=NC(=O)C1OC2CON(c3ccccc3)OC2C(N)C1O)N(C)C. The molecular weight excluding hydrogens is 340 g/mol. The molecule has 5 unspecified atom stereocenters. The Hall–Kier alpha value is -2.04. The lowest BCUT2D eigenvalue weighted by Crippen LogP contribution is -2.67. The zero-order chi connectivity index (χ0) is 18.8. The van der Waals surface area contributed by atoms with Gasteiger partial charge in [-0.2, -0.15) is 4.99 Å². The van der Waals surface area contributed by atoms with Gasteiger partial charge in [-0.3, -0.25) is 4.79 Å². The highest BCUT2D eigenvalue weighted by atomic mass is 17.0. The second-order valence-corrected chi connectivity index (χ2v) is 6.51. The van der Waals surface area contributed by atoms with Crippen LogP contribution >= 0.6 is 0 Å². The van der Waals surface area contributed by atoms with Gasteiger partial charge in [-0.05, 0) is 19.1 Å². The largest absolute Gasteiger partial charge is 0.388 e. The third-order valence-electron chi connectivity index (χ3n) is 4.47. The fourth-order valence-electron chi connectivity index (χ4n) is 2.76. The molecule has 9 heteroatoms. The molecule has 0 spiro atoms. The topological polar surface area (TPSA) is 110 Å². The van der Waals surface area contributed by atoms with Crippen molar-refractivity contribution in [1.82, 2.24) is 4.90 Å². The summed E-state index contributed by atoms with van der Waals surface area (Å²) in [6, 6.07) is 8.38. The lowest BCUT2D eigenvalue weighted by atomic mass is 9.93. The number of aliphatic hydroxyl groups excluding tert-OH is 1. The average Bonchev–Trinajstić information content (AvgIpc) is 2.64. The zero-order valence-electron chi connectivity index (χ0n) is 15.0. The zero-order valence-corrected chi connectivity index (χ0v) is 15.0. The number of nitrogens with two attached hydrogens (primary N) is 1. The van der Waals surface area contributed by atoms with Gasteiger partial charge in [-0.1, -0.05) is 18.2 Å². The van der Waals surface area contributed by atoms with Crippen molar-refractivity contribution in [1.29, 1.82) is 0 Å². The number of carbonyl (C=O) groups is 1. The summed E-state index contributed by atoms with van der Waals surface area (Å²) >= 11 is 0. The van der Waals surface area contributed by atoms with Crippen LogP contribution in [0.1, 0.15) is 6.92 Å². The van der Waals surface area contributed by atoms with Gasteiger partial charge in [-0.15, -0.1) is 5.23 Å². The van der Waals surface area contributed by atoms with Crippen LogP contribution in [-0.4, -0.2) is 72.9 Å². The fourth-order valence-corrected chi connectivity index (χ4v) is 2.76. The van der Waals surface area contributed by atoms with E-state index in [1.54, 1.807) is 25.9 Å². The molecule has 9 nitrogen and oxygen atoms in total. The molecule has 1 amide bonds. The van der Waals surface area contributed by atoms with Crippen molar-refractivity contribution < 1.29 is 24.3 Å². The van der Waals surface area contributed by atoms with Gasteiger partial charge in [0, 0.05) is 14.1 Å². The molecule has 0 saturated carbocycles. The molecule has 2 aliphatic rings. The molecule has 1 aromatic carbocycles. The first-order valence-corrected chi connectivity index (χ1v) is 8.39. The average molecular weight is 364 g/mol. The number of nitrogens with zero attached hydrogens (tertiary/aromatic N) is 3. The van der Waals surface area contributed by atoms with Crippen LogP contribution in [0.15, 0.2) is 35.3 Å². The van der Waals surface area contributed by atoms with Crippen molar-refractivity contribution in [3.8, 4) is 0 Å². The van der Waals surface area contributed by atoms with Crippen molar-refractivity contribution in [2.24, 2.45) is 10.7 Å². The first-order valence-electron chi connectivity index (χ1n) is 8.39. The lowest BCUT2D eigenvalue weighted by Gasteiger charge is -2.46. The van der Waals surface area contributed by atoms with E-state index in [1.807, 2.05) is 30.3 Å². The van der Waals surface area contributed by atoms with Gasteiger partial charge in [-0.25, -0.2) is 9.68 Å². The molecule has 5 atom stereocenters. The Labute approximate surface area is 151 Å². The Morgan fingerprint density at radius 1 is 1.35 bits per heavy atom. The molecule has 142 valence electrons. The standard InChI is InChI=1S/C17H24N4O5/c1-10(20(2)3)19-17(23)16-14(22)13(18)15-12(25-16)9-24-21(26-15)11-7-5-4-6-8-11/h4-8,12-16,22H,9,18H2,1-3H3. The number of rotatable bonds is 2. The highest BCUT2D eigenvalue weighted by Crippen LogP contribution is 2.30. The van der Waals surface area contributed by atoms with Gasteiger partial charge in [0.15, 0.2) is 6.10 Å². The molecular formula is C17H24N4O5. The maximum Gasteiger partial charge on any atom is 0.279 e. The number of benzene rings is 1. The number of fused-ring (bicyclic) bond motifs is 1. The van der Waals surface area contributed by atoms with Crippen LogP contribution in [0.3, 0.4) is 0 Å². The van der Waals surface area contributed by atoms with Crippen molar-refractivity contribution in [3.63, 3.8) is 0 Å². The van der Waals surface area contributed by atoms with Crippen LogP contribution in [0.5, 0.6) is 0 Å². The van der Waals surface area contributed by atoms with E-state index >= 15 is 0 Å². The maximum atomic E-state index is 12.4. The van der Waals surface area contributed by atoms with E-state index < -0.39 is 36.4 Å². The highest BCUT2D eigenvalue weighted by Gasteiger charge is 2.50. The number of aliphatic hydroxyl groups is 1. The van der Waals surface area contributed by atoms with Gasteiger partial charge in [0.1, 0.15) is 30.8 Å². The van der Waals surface area contributed by atoms with Gasteiger partial charge in [0.05, 0.1) is 11.7 Å². The molecule has 3 rings (SSSR count). The molecule has 2 aliphatic heterocycles. The Morgan fingerprint density at radius 2 is 2.04 bits per heavy atom. The van der Waals surface area contributed by atoms with Gasteiger partial charge < -0.3 is 20.5 Å². The summed E-state index contributed by atoms with van der Waals surface area (Å²) in [5.41, 5.74) is 6.84. The van der Waals surface area contributed by atoms with Crippen molar-refractivity contribution in [3.05, 3.63) is 30.3 Å². The first kappa shape index (κ1) is 18.7. The molecule has 1 aromatic rings. The maximum absolute atomic E-state index is 12.4. The van der Waals surface area contributed by atoms with Crippen LogP contribution in [0.25, 0.3) is 0 Å². The third-order valence-corrected chi connectivity index (χ3v) is 4.47. The van der Waals surface area contributed by atoms with Crippen LogP contribution in [-0.2, 0) is 19.2 Å². The molecule has 0 aliphatic carbocycles. The summed E-state index contributed by atoms with van der Waals surface area (Å²) in [4.78, 5) is 29.3. The predicted octanol–water partition coefficient (Wildman–Crippen LogP) is -0.299. The van der Waals surface area contributed by atoms with E-state index in [-0.39, 0.29) is 6.61 Å². The summed E-state index contributed by atoms with van der Waals surface area (Å²) in [5, 5.41) is 11.7. The predicted molar refractivity (Wildman–Crippen MR) is 94.2 cm³/mol. The number of ether oxygens (including phenoxy) is 1. The van der Waals surface area contributed by atoms with E-state index in [9.17, 15) is 9.90 Å². The number of aliphatic imine (C=N–C) groups is 1. The molecule has 2 saturated heterocycles. The van der Waals surface area contributed by atoms with E-state index in [0.717, 1.165) is 0 Å². The first-order chi connectivity index (χ1) is 12.4. The van der Waals surface area contributed by atoms with Crippen molar-refractivity contribution >= 4 is 17.4 Å². The summed E-state index contributed by atoms with van der Waals surface area (Å²) in [6.07, 6.45) is -3.63. The van der Waals surface area contributed by atoms with Crippen LogP contribution in [0, 0.1) is 0 Å². The number of hydrogen-bond donors (Lipinski definition) is 2. The molecule has 0 bridgehead atoms. The lowest BCUT2D eigenvalue weighted by molar-refractivity contribution is -0.276. The molecule has 0 radical (unpaired) electrons. The van der Waals surface area contributed by atoms with Gasteiger partial charge in [0.25, 0.3) is 5.91 Å². The number of amides is 1. The van der Waals surface area contributed by atoms with Gasteiger partial charge >= 0.3 is 0 Å². The Morgan fingerprint density at radius 3 is 2.69 bits per heavy atom. The Balaban J connectivity index is 1.72. The van der Waals surface area contributed by atoms with Crippen molar-refractivity contribution in [2.45, 2.75) is 37.4 Å². The summed E-state index contributed by atoms with van der Waals surface area (Å²) in [5.74, 6) is -0.0732. The normalized spacial score (nSPS) is 32.1. The summed E-state index contributed by atoms with van der Waals surface area (Å²) in [6.45, 7) is 1.83. The minimum Gasteiger partial charge on any atom is -0.388 e. The number of hydrogen-bond acceptors (Lipinski definition) is 7. The molecule has 26 heavy (non-hydrogen) atoms. The summed E-state index contributed by atoms with van der Waals surface area (Å²) in [7, 11) is 3.54. The van der Waals surface area contributed by atoms with Crippen molar-refractivity contribution in [2.75, 3.05) is 25.9 Å². The van der Waals surface area contributed by atoms with Crippen LogP contribution in [0.4, 0.5) is 5.69 Å². The van der Waals surface area contributed by atoms with Crippen LogP contribution in [0.2, 0.25) is 0 Å². The summed E-state index contributed by atoms with van der Waals surface area (Å²) < 4.78 is 5.72. The minimum absolute atomic E-state index is 0.139. The molecule has 3 N–H and O–H groups in total. The molecule has 2 fully saturated rings. The van der Waals surface area contributed by atoms with E-state index in [0.29, 0.717) is 11.5 Å². The van der Waals surface area contributed by atoms with Gasteiger partial charge in [0.2, 0.25) is 0 Å². The van der Waals surface area contributed by atoms with E-state index in [2.05, 4.69) is 4.99 Å². The second kappa shape index (κ2) is 7.68. The number of carbonyl (C=O) groups excluding carboxylic acids is 1. The monoisotopic (exact) mass is 364 g/mol. The minimum atomic E-state index is -1.24. The number of amidine groups is 1.